The highest BCUT2D eigenvalue weighted by Crippen LogP contribution is 2.42. The number of hydrogen-bond donors (Lipinski definition) is 1. The van der Waals surface area contributed by atoms with Gasteiger partial charge in [-0.25, -0.2) is 22.2 Å². The molecular formula is C30H22F2N4O4S2. The van der Waals surface area contributed by atoms with Crippen molar-refractivity contribution in [2.45, 2.75) is 0 Å². The van der Waals surface area contributed by atoms with Gasteiger partial charge in [0.2, 0.25) is 10.0 Å². The van der Waals surface area contributed by atoms with E-state index in [2.05, 4.69) is 15.3 Å². The van der Waals surface area contributed by atoms with Crippen molar-refractivity contribution in [2.75, 3.05) is 24.7 Å². The van der Waals surface area contributed by atoms with Gasteiger partial charge in [-0.2, -0.15) is 0 Å². The number of hydrogen-bond acceptors (Lipinski definition) is 7. The van der Waals surface area contributed by atoms with Crippen LogP contribution in [0.1, 0.15) is 10.4 Å². The number of benzene rings is 3. The molecule has 3 aromatic carbocycles. The molecule has 0 spiro atoms. The largest absolute Gasteiger partial charge is 0.455 e. The first-order chi connectivity index (χ1) is 20.0. The van der Waals surface area contributed by atoms with Crippen LogP contribution in [0.25, 0.3) is 54.3 Å². The number of pyridine rings is 1. The molecule has 212 valence electrons. The number of anilines is 1. The Morgan fingerprint density at radius 1 is 1.02 bits per heavy atom. The highest BCUT2D eigenvalue weighted by molar-refractivity contribution is 7.92. The number of thiazole rings is 1. The molecule has 0 unspecified atom stereocenters. The minimum absolute atomic E-state index is 0.201. The van der Waals surface area contributed by atoms with Gasteiger partial charge < -0.3 is 9.73 Å². The fourth-order valence-corrected chi connectivity index (χ4v) is 6.17. The first kappa shape index (κ1) is 27.5. The van der Waals surface area contributed by atoms with Crippen molar-refractivity contribution in [3.05, 3.63) is 90.1 Å². The Labute approximate surface area is 243 Å². The second-order valence-corrected chi connectivity index (χ2v) is 12.6. The van der Waals surface area contributed by atoms with E-state index < -0.39 is 27.6 Å². The third-order valence-corrected chi connectivity index (χ3v) is 9.12. The third kappa shape index (κ3) is 4.78. The maximum atomic E-state index is 14.3. The zero-order valence-electron chi connectivity index (χ0n) is 22.5. The number of para-hydroxylation sites is 1. The molecule has 3 aromatic heterocycles. The lowest BCUT2D eigenvalue weighted by Crippen LogP contribution is -2.25. The van der Waals surface area contributed by atoms with Crippen LogP contribution < -0.4 is 9.62 Å². The minimum Gasteiger partial charge on any atom is -0.455 e. The number of rotatable bonds is 6. The van der Waals surface area contributed by atoms with Crippen LogP contribution in [-0.2, 0) is 10.0 Å². The van der Waals surface area contributed by atoms with E-state index in [1.807, 2.05) is 0 Å². The molecule has 0 aliphatic heterocycles. The molecule has 3 heterocycles. The quantitative estimate of drug-likeness (QED) is 0.234. The van der Waals surface area contributed by atoms with E-state index in [1.165, 1.54) is 61.8 Å². The number of nitrogens with one attached hydrogen (secondary N) is 1. The molecule has 0 saturated carbocycles. The number of furan rings is 1. The Bertz CT molecular complexity index is 2120. The molecule has 1 N–H and O–H groups in total. The van der Waals surface area contributed by atoms with Gasteiger partial charge in [0.05, 0.1) is 27.9 Å². The van der Waals surface area contributed by atoms with Gasteiger partial charge in [0.15, 0.2) is 0 Å². The molecule has 6 rings (SSSR count). The van der Waals surface area contributed by atoms with Crippen LogP contribution in [-0.4, -0.2) is 44.6 Å². The number of sulfonamides is 1. The highest BCUT2D eigenvalue weighted by atomic mass is 32.2. The Balaban J connectivity index is 1.60. The second-order valence-electron chi connectivity index (χ2n) is 9.52. The lowest BCUT2D eigenvalue weighted by atomic mass is 10.00. The minimum atomic E-state index is -3.73. The molecule has 0 saturated heterocycles. The van der Waals surface area contributed by atoms with Crippen LogP contribution in [0.2, 0.25) is 0 Å². The Morgan fingerprint density at radius 2 is 1.79 bits per heavy atom. The van der Waals surface area contributed by atoms with Gasteiger partial charge in [0, 0.05) is 48.4 Å². The molecule has 42 heavy (non-hydrogen) atoms. The van der Waals surface area contributed by atoms with E-state index in [-0.39, 0.29) is 28.1 Å². The zero-order chi connectivity index (χ0) is 29.8. The van der Waals surface area contributed by atoms with Crippen LogP contribution in [0.5, 0.6) is 0 Å². The average molecular weight is 605 g/mol. The zero-order valence-corrected chi connectivity index (χ0v) is 24.1. The molecule has 6 aromatic rings. The lowest BCUT2D eigenvalue weighted by molar-refractivity contribution is 0.0964. The summed E-state index contributed by atoms with van der Waals surface area (Å²) in [5, 5.41) is 3.58. The maximum Gasteiger partial charge on any atom is 0.255 e. The molecule has 8 nitrogen and oxygen atoms in total. The molecule has 0 bridgehead atoms. The average Bonchev–Trinajstić information content (AvgIpc) is 3.58. The van der Waals surface area contributed by atoms with Gasteiger partial charge in [-0.05, 0) is 54.6 Å². The van der Waals surface area contributed by atoms with Gasteiger partial charge in [0.25, 0.3) is 5.91 Å². The Hall–Kier alpha value is -4.68. The number of fused-ring (bicyclic) bond motifs is 2. The van der Waals surface area contributed by atoms with Crippen molar-refractivity contribution >= 4 is 54.1 Å². The van der Waals surface area contributed by atoms with Crippen molar-refractivity contribution in [1.82, 2.24) is 15.3 Å². The Kier molecular flexibility index (Phi) is 6.74. The molecule has 0 aliphatic carbocycles. The summed E-state index contributed by atoms with van der Waals surface area (Å²) in [5.74, 6) is -1.11. The summed E-state index contributed by atoms with van der Waals surface area (Å²) in [6.45, 7) is 0. The lowest BCUT2D eigenvalue weighted by Gasteiger charge is -2.20. The van der Waals surface area contributed by atoms with Crippen LogP contribution >= 0.6 is 11.3 Å². The number of nitrogens with zero attached hydrogens (tertiary/aromatic N) is 3. The van der Waals surface area contributed by atoms with Crippen LogP contribution in [0.3, 0.4) is 0 Å². The molecule has 0 atom stereocenters. The van der Waals surface area contributed by atoms with E-state index in [0.717, 1.165) is 10.6 Å². The standard InChI is InChI=1S/C30H22F2N4O4S2/c1-33-29(37)26-20-14-19(22-13-17(11-12-34-22)30-35-27-21(32)5-4-6-25(27)41-30)23(36(2)42(3,38)39)15-24(20)40-28(26)16-7-9-18(31)10-8-16/h4-15H,1-3H3,(H,33,37). The van der Waals surface area contributed by atoms with Crippen molar-refractivity contribution < 1.29 is 26.4 Å². The maximum absolute atomic E-state index is 14.3. The van der Waals surface area contributed by atoms with Crippen molar-refractivity contribution in [2.24, 2.45) is 0 Å². The number of carbonyl (C=O) groups is 1. The summed E-state index contributed by atoms with van der Waals surface area (Å²) >= 11 is 1.32. The highest BCUT2D eigenvalue weighted by Gasteiger charge is 2.26. The molecule has 0 aliphatic rings. The summed E-state index contributed by atoms with van der Waals surface area (Å²) in [7, 11) is -0.843. The normalized spacial score (nSPS) is 11.7. The van der Waals surface area contributed by atoms with Crippen LogP contribution in [0, 0.1) is 11.6 Å². The van der Waals surface area contributed by atoms with Crippen molar-refractivity contribution in [3.63, 3.8) is 0 Å². The van der Waals surface area contributed by atoms with Crippen LogP contribution in [0.4, 0.5) is 14.5 Å². The molecule has 12 heteroatoms. The van der Waals surface area contributed by atoms with E-state index >= 15 is 0 Å². The van der Waals surface area contributed by atoms with Crippen LogP contribution in [0.15, 0.2) is 77.3 Å². The Morgan fingerprint density at radius 3 is 2.48 bits per heavy atom. The first-order valence-corrected chi connectivity index (χ1v) is 15.3. The number of halogens is 2. The fraction of sp³-hybridized carbons (Fsp3) is 0.100. The first-order valence-electron chi connectivity index (χ1n) is 12.6. The smallest absolute Gasteiger partial charge is 0.255 e. The van der Waals surface area contributed by atoms with Gasteiger partial charge in [-0.3, -0.25) is 14.1 Å². The van der Waals surface area contributed by atoms with Gasteiger partial charge >= 0.3 is 0 Å². The summed E-state index contributed by atoms with van der Waals surface area (Å²) in [4.78, 5) is 22.1. The SMILES string of the molecule is CNC(=O)c1c(-c2ccc(F)cc2)oc2cc(N(C)S(C)(=O)=O)c(-c3cc(-c4nc5c(F)cccc5s4)ccn3)cc12. The molecular weight excluding hydrogens is 582 g/mol. The predicted octanol–water partition coefficient (Wildman–Crippen LogP) is 6.47. The number of carbonyl (C=O) groups excluding carboxylic acids is 1. The molecule has 1 amide bonds. The van der Waals surface area contributed by atoms with Gasteiger partial charge in [0.1, 0.15) is 33.5 Å². The summed E-state index contributed by atoms with van der Waals surface area (Å²) in [5.41, 5.74) is 2.89. The predicted molar refractivity (Wildman–Crippen MR) is 160 cm³/mol. The number of aromatic nitrogens is 2. The van der Waals surface area contributed by atoms with E-state index in [1.54, 1.807) is 36.5 Å². The molecule has 0 radical (unpaired) electrons. The fourth-order valence-electron chi connectivity index (χ4n) is 4.68. The topological polar surface area (TPSA) is 105 Å². The van der Waals surface area contributed by atoms with E-state index in [4.69, 9.17) is 4.42 Å². The second kappa shape index (κ2) is 10.3. The van der Waals surface area contributed by atoms with Crippen molar-refractivity contribution in [1.29, 1.82) is 0 Å². The number of amides is 1. The summed E-state index contributed by atoms with van der Waals surface area (Å²) in [6.07, 6.45) is 2.63. The van der Waals surface area contributed by atoms with E-state index in [0.29, 0.717) is 37.5 Å². The monoisotopic (exact) mass is 604 g/mol. The van der Waals surface area contributed by atoms with Gasteiger partial charge in [-0.15, -0.1) is 11.3 Å². The summed E-state index contributed by atoms with van der Waals surface area (Å²) < 4.78 is 61.3. The van der Waals surface area contributed by atoms with Gasteiger partial charge in [-0.1, -0.05) is 6.07 Å². The summed E-state index contributed by atoms with van der Waals surface area (Å²) in [6, 6.07) is 16.9. The third-order valence-electron chi connectivity index (χ3n) is 6.86. The van der Waals surface area contributed by atoms with Crippen molar-refractivity contribution in [3.8, 4) is 33.2 Å². The molecule has 0 fully saturated rings. The van der Waals surface area contributed by atoms with E-state index in [9.17, 15) is 22.0 Å².